The maximum atomic E-state index is 6.07. The van der Waals surface area contributed by atoms with Crippen molar-refractivity contribution in [3.8, 4) is 5.75 Å². The number of nitrogens with two attached hydrogens (primary N) is 2. The Hall–Kier alpha value is -0.770. The minimum absolute atomic E-state index is 0.0257. The first-order valence-corrected chi connectivity index (χ1v) is 5.86. The summed E-state index contributed by atoms with van der Waals surface area (Å²) in [5.74, 6) is 0.674. The van der Waals surface area contributed by atoms with Gasteiger partial charge in [0.25, 0.3) is 0 Å². The molecule has 3 nitrogen and oxygen atoms in total. The van der Waals surface area contributed by atoms with E-state index in [1.54, 1.807) is 7.11 Å². The summed E-state index contributed by atoms with van der Waals surface area (Å²) in [5, 5.41) is 0.611. The molecule has 0 spiro atoms. The predicted octanol–water partition coefficient (Wildman–Crippen LogP) is 2.48. The van der Waals surface area contributed by atoms with Crippen molar-refractivity contribution in [3.63, 3.8) is 0 Å². The average Bonchev–Trinajstić information content (AvgIpc) is 2.30. The zero-order valence-corrected chi connectivity index (χ0v) is 10.3. The topological polar surface area (TPSA) is 61.3 Å². The van der Waals surface area contributed by atoms with E-state index >= 15 is 0 Å². The van der Waals surface area contributed by atoms with Crippen LogP contribution in [-0.2, 0) is 0 Å². The van der Waals surface area contributed by atoms with Crippen LogP contribution in [0.4, 0.5) is 0 Å². The van der Waals surface area contributed by atoms with E-state index in [4.69, 9.17) is 27.8 Å². The molecule has 1 aromatic carbocycles. The smallest absolute Gasteiger partial charge is 0.137 e. The molecule has 0 fully saturated rings. The SMILES string of the molecule is COc1cc([C@@H](N)CCCCN)ccc1Cl. The monoisotopic (exact) mass is 242 g/mol. The van der Waals surface area contributed by atoms with E-state index in [9.17, 15) is 0 Å². The Labute approximate surface area is 102 Å². The van der Waals surface area contributed by atoms with Crippen molar-refractivity contribution in [2.75, 3.05) is 13.7 Å². The van der Waals surface area contributed by atoms with Gasteiger partial charge >= 0.3 is 0 Å². The molecule has 90 valence electrons. The lowest BCUT2D eigenvalue weighted by Crippen LogP contribution is -2.11. The summed E-state index contributed by atoms with van der Waals surface area (Å²) in [6.07, 6.45) is 2.99. The van der Waals surface area contributed by atoms with Gasteiger partial charge in [-0.25, -0.2) is 0 Å². The van der Waals surface area contributed by atoms with Crippen molar-refractivity contribution in [3.05, 3.63) is 28.8 Å². The van der Waals surface area contributed by atoms with Gasteiger partial charge in [-0.1, -0.05) is 24.1 Å². The number of unbranched alkanes of at least 4 members (excludes halogenated alkanes) is 1. The van der Waals surface area contributed by atoms with E-state index in [0.717, 1.165) is 31.4 Å². The lowest BCUT2D eigenvalue weighted by atomic mass is 10.0. The lowest BCUT2D eigenvalue weighted by Gasteiger charge is -2.13. The Kier molecular flexibility index (Phi) is 5.60. The second-order valence-corrected chi connectivity index (χ2v) is 4.19. The van der Waals surface area contributed by atoms with Gasteiger partial charge < -0.3 is 16.2 Å². The third-order valence-corrected chi connectivity index (χ3v) is 2.88. The molecule has 0 aliphatic heterocycles. The van der Waals surface area contributed by atoms with Gasteiger partial charge in [-0.2, -0.15) is 0 Å². The molecule has 1 atom stereocenters. The quantitative estimate of drug-likeness (QED) is 0.754. The Balaban J connectivity index is 2.64. The highest BCUT2D eigenvalue weighted by molar-refractivity contribution is 6.32. The van der Waals surface area contributed by atoms with Gasteiger partial charge in [0.2, 0.25) is 0 Å². The van der Waals surface area contributed by atoms with E-state index < -0.39 is 0 Å². The van der Waals surface area contributed by atoms with Gasteiger partial charge in [-0.05, 0) is 37.1 Å². The highest BCUT2D eigenvalue weighted by Crippen LogP contribution is 2.28. The summed E-state index contributed by atoms with van der Waals surface area (Å²) in [7, 11) is 1.60. The van der Waals surface area contributed by atoms with Crippen LogP contribution in [0.1, 0.15) is 30.9 Å². The summed E-state index contributed by atoms with van der Waals surface area (Å²) >= 11 is 5.95. The van der Waals surface area contributed by atoms with Crippen molar-refractivity contribution >= 4 is 11.6 Å². The molecule has 0 aliphatic rings. The molecule has 0 aliphatic carbocycles. The highest BCUT2D eigenvalue weighted by Gasteiger charge is 2.08. The van der Waals surface area contributed by atoms with Gasteiger partial charge in [0, 0.05) is 6.04 Å². The fourth-order valence-corrected chi connectivity index (χ4v) is 1.78. The van der Waals surface area contributed by atoms with Crippen LogP contribution in [-0.4, -0.2) is 13.7 Å². The van der Waals surface area contributed by atoms with Crippen LogP contribution in [0.5, 0.6) is 5.75 Å². The molecule has 0 heterocycles. The second-order valence-electron chi connectivity index (χ2n) is 3.78. The van der Waals surface area contributed by atoms with E-state index in [1.807, 2.05) is 18.2 Å². The van der Waals surface area contributed by atoms with Crippen molar-refractivity contribution in [2.45, 2.75) is 25.3 Å². The lowest BCUT2D eigenvalue weighted by molar-refractivity contribution is 0.413. The molecular weight excluding hydrogens is 224 g/mol. The predicted molar refractivity (Wildman–Crippen MR) is 67.8 cm³/mol. The van der Waals surface area contributed by atoms with Crippen LogP contribution in [0.3, 0.4) is 0 Å². The van der Waals surface area contributed by atoms with Crippen LogP contribution in [0.15, 0.2) is 18.2 Å². The Morgan fingerprint density at radius 3 is 2.75 bits per heavy atom. The van der Waals surface area contributed by atoms with E-state index in [0.29, 0.717) is 10.8 Å². The minimum Gasteiger partial charge on any atom is -0.495 e. The third kappa shape index (κ3) is 3.67. The average molecular weight is 243 g/mol. The maximum absolute atomic E-state index is 6.07. The van der Waals surface area contributed by atoms with Gasteiger partial charge in [-0.15, -0.1) is 0 Å². The largest absolute Gasteiger partial charge is 0.495 e. The Bertz CT molecular complexity index is 331. The number of hydrogen-bond acceptors (Lipinski definition) is 3. The van der Waals surface area contributed by atoms with E-state index in [2.05, 4.69) is 0 Å². The number of methoxy groups -OCH3 is 1. The normalized spacial score (nSPS) is 12.5. The van der Waals surface area contributed by atoms with Crippen LogP contribution < -0.4 is 16.2 Å². The zero-order valence-electron chi connectivity index (χ0n) is 9.58. The first-order valence-electron chi connectivity index (χ1n) is 5.48. The molecule has 0 amide bonds. The number of rotatable bonds is 6. The van der Waals surface area contributed by atoms with Crippen LogP contribution in [0.25, 0.3) is 0 Å². The molecule has 0 saturated carbocycles. The zero-order chi connectivity index (χ0) is 12.0. The van der Waals surface area contributed by atoms with Crippen LogP contribution >= 0.6 is 11.6 Å². The standard InChI is InChI=1S/C12H19ClN2O/c1-16-12-8-9(5-6-10(12)13)11(15)4-2-3-7-14/h5-6,8,11H,2-4,7,14-15H2,1H3/t11-/m0/s1. The van der Waals surface area contributed by atoms with Gasteiger partial charge in [0.15, 0.2) is 0 Å². The minimum atomic E-state index is 0.0257. The molecular formula is C12H19ClN2O. The number of benzene rings is 1. The summed E-state index contributed by atoms with van der Waals surface area (Å²) in [4.78, 5) is 0. The summed E-state index contributed by atoms with van der Waals surface area (Å²) in [6.45, 7) is 0.719. The van der Waals surface area contributed by atoms with Crippen molar-refractivity contribution < 1.29 is 4.74 Å². The molecule has 0 radical (unpaired) electrons. The maximum Gasteiger partial charge on any atom is 0.137 e. The molecule has 1 aromatic rings. The van der Waals surface area contributed by atoms with Crippen LogP contribution in [0, 0.1) is 0 Å². The summed E-state index contributed by atoms with van der Waals surface area (Å²) < 4.78 is 5.15. The molecule has 4 N–H and O–H groups in total. The third-order valence-electron chi connectivity index (χ3n) is 2.57. The first kappa shape index (κ1) is 13.3. The number of halogens is 1. The fourth-order valence-electron chi connectivity index (χ4n) is 1.58. The Morgan fingerprint density at radius 1 is 1.38 bits per heavy atom. The molecule has 0 saturated heterocycles. The molecule has 1 rings (SSSR count). The fraction of sp³-hybridized carbons (Fsp3) is 0.500. The van der Waals surface area contributed by atoms with E-state index in [1.165, 1.54) is 0 Å². The molecule has 0 aromatic heterocycles. The van der Waals surface area contributed by atoms with Crippen molar-refractivity contribution in [1.82, 2.24) is 0 Å². The summed E-state index contributed by atoms with van der Waals surface area (Å²) in [5.41, 5.74) is 12.6. The number of hydrogen-bond donors (Lipinski definition) is 2. The molecule has 0 bridgehead atoms. The summed E-state index contributed by atoms with van der Waals surface area (Å²) in [6, 6.07) is 5.68. The number of ether oxygens (including phenoxy) is 1. The van der Waals surface area contributed by atoms with E-state index in [-0.39, 0.29) is 6.04 Å². The molecule has 0 unspecified atom stereocenters. The van der Waals surface area contributed by atoms with Crippen LogP contribution in [0.2, 0.25) is 5.02 Å². The molecule has 16 heavy (non-hydrogen) atoms. The first-order chi connectivity index (χ1) is 7.69. The van der Waals surface area contributed by atoms with Gasteiger partial charge in [-0.3, -0.25) is 0 Å². The highest BCUT2D eigenvalue weighted by atomic mass is 35.5. The van der Waals surface area contributed by atoms with Gasteiger partial charge in [0.05, 0.1) is 12.1 Å². The van der Waals surface area contributed by atoms with Crippen molar-refractivity contribution in [2.24, 2.45) is 11.5 Å². The second kappa shape index (κ2) is 6.74. The molecule has 4 heteroatoms. The Morgan fingerprint density at radius 2 is 2.12 bits per heavy atom. The van der Waals surface area contributed by atoms with Gasteiger partial charge in [0.1, 0.15) is 5.75 Å². The van der Waals surface area contributed by atoms with Crippen molar-refractivity contribution in [1.29, 1.82) is 0 Å².